The summed E-state index contributed by atoms with van der Waals surface area (Å²) in [5.41, 5.74) is -3.49. The molecule has 12 nitrogen and oxygen atoms in total. The molecular weight excluding hydrogens is 422 g/mol. The Labute approximate surface area is 157 Å². The summed E-state index contributed by atoms with van der Waals surface area (Å²) in [5, 5.41) is 29.4. The number of hydrogen-bond acceptors (Lipinski definition) is 8. The number of aliphatic carboxylic acids is 2. The Balaban J connectivity index is 2.86. The topological polar surface area (TPSA) is 216 Å². The number of rotatable bonds is 7. The van der Waals surface area contributed by atoms with Crippen molar-refractivity contribution in [3.63, 3.8) is 0 Å². The van der Waals surface area contributed by atoms with E-state index < -0.39 is 65.2 Å². The summed E-state index contributed by atoms with van der Waals surface area (Å²) in [5.74, 6) is -3.68. The largest absolute Gasteiger partial charge is 0.481 e. The molecule has 0 aromatic heterocycles. The molecule has 2 aromatic carbocycles. The molecule has 14 heteroatoms. The van der Waals surface area contributed by atoms with Gasteiger partial charge in [0.15, 0.2) is 0 Å². The summed E-state index contributed by atoms with van der Waals surface area (Å²) in [4.78, 5) is 20.3. The summed E-state index contributed by atoms with van der Waals surface area (Å²) in [6.07, 6.45) is -1.32. The van der Waals surface area contributed by atoms with Gasteiger partial charge in [0.2, 0.25) is 5.72 Å². The van der Waals surface area contributed by atoms with Gasteiger partial charge in [0, 0.05) is 11.1 Å². The van der Waals surface area contributed by atoms with Gasteiger partial charge in [0.05, 0.1) is 4.90 Å². The highest BCUT2D eigenvalue weighted by Gasteiger charge is 2.39. The molecule has 1 atom stereocenters. The highest BCUT2D eigenvalue weighted by Crippen LogP contribution is 2.34. The molecule has 0 aliphatic rings. The lowest BCUT2D eigenvalue weighted by molar-refractivity contribution is -0.162. The van der Waals surface area contributed by atoms with Crippen molar-refractivity contribution in [2.75, 3.05) is 5.32 Å². The Bertz CT molecular complexity index is 1190. The van der Waals surface area contributed by atoms with Crippen molar-refractivity contribution in [2.45, 2.75) is 21.9 Å². The predicted octanol–water partition coefficient (Wildman–Crippen LogP) is -0.00700. The van der Waals surface area contributed by atoms with Crippen molar-refractivity contribution in [2.24, 2.45) is 0 Å². The van der Waals surface area contributed by atoms with E-state index in [1.807, 2.05) is 5.32 Å². The molecule has 28 heavy (non-hydrogen) atoms. The number of benzene rings is 2. The average Bonchev–Trinajstić information content (AvgIpc) is 2.51. The predicted molar refractivity (Wildman–Crippen MR) is 92.0 cm³/mol. The number of nitrogens with one attached hydrogen (secondary N) is 1. The maximum absolute atomic E-state index is 11.7. The second-order valence-electron chi connectivity index (χ2n) is 5.64. The minimum absolute atomic E-state index is 0.184. The Kier molecular flexibility index (Phi) is 5.37. The third-order valence-electron chi connectivity index (χ3n) is 3.59. The number of carboxylic acid groups (broad SMARTS) is 2. The molecule has 0 saturated carbocycles. The van der Waals surface area contributed by atoms with E-state index in [1.54, 1.807) is 0 Å². The third-order valence-corrected chi connectivity index (χ3v) is 5.30. The van der Waals surface area contributed by atoms with Crippen LogP contribution in [0, 0.1) is 0 Å². The van der Waals surface area contributed by atoms with Gasteiger partial charge in [-0.25, -0.2) is 4.79 Å². The van der Waals surface area contributed by atoms with Crippen LogP contribution in [0.4, 0.5) is 5.69 Å². The monoisotopic (exact) mass is 435 g/mol. The van der Waals surface area contributed by atoms with Crippen molar-refractivity contribution >= 4 is 48.6 Å². The first-order valence-corrected chi connectivity index (χ1v) is 10.0. The Morgan fingerprint density at radius 2 is 1.61 bits per heavy atom. The summed E-state index contributed by atoms with van der Waals surface area (Å²) >= 11 is 0. The van der Waals surface area contributed by atoms with E-state index in [4.69, 9.17) is 14.8 Å². The normalized spacial score (nSPS) is 14.4. The average molecular weight is 435 g/mol. The number of hydrogen-bond donors (Lipinski definition) is 6. The van der Waals surface area contributed by atoms with E-state index in [0.29, 0.717) is 6.07 Å². The van der Waals surface area contributed by atoms with Gasteiger partial charge < -0.3 is 20.6 Å². The molecule has 0 saturated heterocycles. The van der Waals surface area contributed by atoms with E-state index in [9.17, 15) is 36.1 Å². The summed E-state index contributed by atoms with van der Waals surface area (Å²) in [6.45, 7) is 0. The molecule has 6 N–H and O–H groups in total. The van der Waals surface area contributed by atoms with Crippen molar-refractivity contribution in [1.82, 2.24) is 0 Å². The molecule has 0 heterocycles. The van der Waals surface area contributed by atoms with E-state index in [-0.39, 0.29) is 5.39 Å². The van der Waals surface area contributed by atoms with Crippen LogP contribution in [-0.4, -0.2) is 58.9 Å². The number of carbonyl (C=O) groups is 2. The first-order valence-electron chi connectivity index (χ1n) is 7.12. The van der Waals surface area contributed by atoms with Gasteiger partial charge in [-0.15, -0.1) is 0 Å². The van der Waals surface area contributed by atoms with Crippen molar-refractivity contribution < 1.29 is 50.8 Å². The van der Waals surface area contributed by atoms with Crippen molar-refractivity contribution in [3.05, 3.63) is 30.3 Å². The van der Waals surface area contributed by atoms with Crippen LogP contribution >= 0.6 is 0 Å². The fourth-order valence-electron chi connectivity index (χ4n) is 2.43. The van der Waals surface area contributed by atoms with Crippen LogP contribution in [0.5, 0.6) is 0 Å². The lowest BCUT2D eigenvalue weighted by Crippen LogP contribution is -2.48. The van der Waals surface area contributed by atoms with Crippen molar-refractivity contribution in [1.29, 1.82) is 0 Å². The molecular formula is C14H13NO11S2. The van der Waals surface area contributed by atoms with Crippen LogP contribution < -0.4 is 5.32 Å². The van der Waals surface area contributed by atoms with Crippen LogP contribution in [0.2, 0.25) is 0 Å². The Morgan fingerprint density at radius 3 is 2.07 bits per heavy atom. The van der Waals surface area contributed by atoms with Gasteiger partial charge in [0.25, 0.3) is 20.2 Å². The van der Waals surface area contributed by atoms with Gasteiger partial charge in [-0.2, -0.15) is 16.8 Å². The van der Waals surface area contributed by atoms with Gasteiger partial charge >= 0.3 is 11.9 Å². The molecule has 0 radical (unpaired) electrons. The van der Waals surface area contributed by atoms with Crippen LogP contribution in [0.15, 0.2) is 40.1 Å². The lowest BCUT2D eigenvalue weighted by atomic mass is 10.1. The highest BCUT2D eigenvalue weighted by atomic mass is 32.2. The van der Waals surface area contributed by atoms with E-state index >= 15 is 0 Å². The molecule has 0 bridgehead atoms. The third kappa shape index (κ3) is 4.37. The molecule has 0 spiro atoms. The quantitative estimate of drug-likeness (QED) is 0.250. The molecule has 0 amide bonds. The summed E-state index contributed by atoms with van der Waals surface area (Å²) in [7, 11) is -9.97. The zero-order valence-corrected chi connectivity index (χ0v) is 15.2. The minimum Gasteiger partial charge on any atom is -0.481 e. The summed E-state index contributed by atoms with van der Waals surface area (Å²) in [6, 6.07) is 4.72. The van der Waals surface area contributed by atoms with E-state index in [2.05, 4.69) is 0 Å². The number of aliphatic hydroxyl groups is 1. The van der Waals surface area contributed by atoms with Crippen LogP contribution in [0.1, 0.15) is 6.42 Å². The number of carboxylic acids is 2. The maximum atomic E-state index is 11.7. The van der Waals surface area contributed by atoms with Gasteiger partial charge in [-0.3, -0.25) is 13.9 Å². The van der Waals surface area contributed by atoms with Crippen LogP contribution in [0.25, 0.3) is 10.8 Å². The summed E-state index contributed by atoms with van der Waals surface area (Å²) < 4.78 is 64.8. The van der Waals surface area contributed by atoms with E-state index in [0.717, 1.165) is 12.1 Å². The molecule has 0 aliphatic carbocycles. The van der Waals surface area contributed by atoms with E-state index in [1.165, 1.54) is 12.1 Å². The van der Waals surface area contributed by atoms with Crippen LogP contribution in [0.3, 0.4) is 0 Å². The first-order chi connectivity index (χ1) is 12.6. The number of anilines is 1. The first kappa shape index (κ1) is 21.5. The Hall–Kier alpha value is -2.78. The zero-order chi connectivity index (χ0) is 21.5. The second kappa shape index (κ2) is 6.99. The second-order valence-corrected chi connectivity index (χ2v) is 8.45. The van der Waals surface area contributed by atoms with Crippen molar-refractivity contribution in [3.8, 4) is 0 Å². The molecule has 1 unspecified atom stereocenters. The Morgan fingerprint density at radius 1 is 1.00 bits per heavy atom. The van der Waals surface area contributed by atoms with Crippen LogP contribution in [-0.2, 0) is 29.8 Å². The SMILES string of the molecule is O=C(O)CC(O)(Nc1cccc2cc(S(=O)(=O)O)cc(S(=O)(=O)O)c12)C(=O)O. The minimum atomic E-state index is -5.09. The molecule has 2 aromatic rings. The fraction of sp³-hybridized carbons (Fsp3) is 0.143. The smallest absolute Gasteiger partial charge is 0.357 e. The van der Waals surface area contributed by atoms with Gasteiger partial charge in [0.1, 0.15) is 11.3 Å². The van der Waals surface area contributed by atoms with Gasteiger partial charge in [-0.1, -0.05) is 12.1 Å². The molecule has 152 valence electrons. The number of fused-ring (bicyclic) bond motifs is 1. The highest BCUT2D eigenvalue weighted by molar-refractivity contribution is 7.86. The van der Waals surface area contributed by atoms with Gasteiger partial charge in [-0.05, 0) is 23.6 Å². The molecule has 2 rings (SSSR count). The standard InChI is InChI=1S/C14H13NO11S2/c16-11(17)6-14(20,13(18)19)15-9-3-1-2-7-4-8(27(21,22)23)5-10(12(7)9)28(24,25)26/h1-5,15,20H,6H2,(H,16,17)(H,18,19)(H,21,22,23)(H,24,25,26). The zero-order valence-electron chi connectivity index (χ0n) is 13.6. The molecule has 0 fully saturated rings. The lowest BCUT2D eigenvalue weighted by Gasteiger charge is -2.25. The fourth-order valence-corrected chi connectivity index (χ4v) is 3.81. The molecule has 0 aliphatic heterocycles. The maximum Gasteiger partial charge on any atom is 0.357 e.